The molecule has 0 aliphatic heterocycles. The minimum atomic E-state index is 0.153. The van der Waals surface area contributed by atoms with Crippen LogP contribution in [0.4, 0.5) is 0 Å². The zero-order valence-electron chi connectivity index (χ0n) is 13.1. The number of aromatic nitrogens is 1. The van der Waals surface area contributed by atoms with Gasteiger partial charge in [-0.2, -0.15) is 0 Å². The summed E-state index contributed by atoms with van der Waals surface area (Å²) in [4.78, 5) is 0.759. The second-order valence-electron chi connectivity index (χ2n) is 5.65. The molecule has 0 amide bonds. The molecule has 0 unspecified atom stereocenters. The first kappa shape index (κ1) is 17.2. The Morgan fingerprint density at radius 2 is 1.95 bits per heavy atom. The summed E-state index contributed by atoms with van der Waals surface area (Å²) < 4.78 is 1.59. The van der Waals surface area contributed by atoms with E-state index in [0.717, 1.165) is 36.5 Å². The lowest BCUT2D eigenvalue weighted by Gasteiger charge is -2.24. The fourth-order valence-corrected chi connectivity index (χ4v) is 2.67. The maximum atomic E-state index is 10.0. The summed E-state index contributed by atoms with van der Waals surface area (Å²) in [6.45, 7) is 10.2. The first-order valence-electron chi connectivity index (χ1n) is 7.40. The summed E-state index contributed by atoms with van der Waals surface area (Å²) in [7, 11) is 0. The van der Waals surface area contributed by atoms with Crippen LogP contribution in [0.1, 0.15) is 47.0 Å². The van der Waals surface area contributed by atoms with E-state index in [1.165, 1.54) is 0 Å². The third kappa shape index (κ3) is 4.94. The lowest BCUT2D eigenvalue weighted by atomic mass is 10.0. The van der Waals surface area contributed by atoms with Gasteiger partial charge in [0.15, 0.2) is 5.88 Å². The highest BCUT2D eigenvalue weighted by atomic mass is 32.2. The van der Waals surface area contributed by atoms with Gasteiger partial charge >= 0.3 is 0 Å². The zero-order valence-corrected chi connectivity index (χ0v) is 13.9. The summed E-state index contributed by atoms with van der Waals surface area (Å²) in [5.74, 6) is 1.23. The fraction of sp³-hybridized carbons (Fsp3) is 0.733. The monoisotopic (exact) mass is 300 g/mol. The third-order valence-electron chi connectivity index (χ3n) is 3.61. The summed E-state index contributed by atoms with van der Waals surface area (Å²) in [6.07, 6.45) is 3.05. The van der Waals surface area contributed by atoms with Crippen LogP contribution in [-0.4, -0.2) is 32.6 Å². The molecule has 3 N–H and O–H groups in total. The number of aromatic hydroxyl groups is 2. The molecule has 1 aromatic heterocycles. The highest BCUT2D eigenvalue weighted by Crippen LogP contribution is 2.35. The van der Waals surface area contributed by atoms with E-state index in [1.807, 2.05) is 6.92 Å². The first-order valence-corrected chi connectivity index (χ1v) is 8.39. The van der Waals surface area contributed by atoms with Gasteiger partial charge in [0.05, 0.1) is 4.90 Å². The number of rotatable bonds is 9. The van der Waals surface area contributed by atoms with Gasteiger partial charge in [-0.3, -0.25) is 4.57 Å². The van der Waals surface area contributed by atoms with Gasteiger partial charge in [0.2, 0.25) is 5.88 Å². The minimum absolute atomic E-state index is 0.153. The van der Waals surface area contributed by atoms with Crippen LogP contribution in [0, 0.1) is 0 Å². The molecule has 0 spiro atoms. The van der Waals surface area contributed by atoms with Crippen molar-refractivity contribution in [2.45, 2.75) is 63.9 Å². The van der Waals surface area contributed by atoms with Gasteiger partial charge in [-0.15, -0.1) is 11.8 Å². The molecule has 0 fully saturated rings. The van der Waals surface area contributed by atoms with Gasteiger partial charge in [-0.05, 0) is 45.4 Å². The van der Waals surface area contributed by atoms with Crippen LogP contribution < -0.4 is 5.32 Å². The quantitative estimate of drug-likeness (QED) is 0.482. The molecule has 0 aromatic carbocycles. The Hall–Kier alpha value is -0.810. The smallest absolute Gasteiger partial charge is 0.208 e. The predicted octanol–water partition coefficient (Wildman–Crippen LogP) is 3.57. The largest absolute Gasteiger partial charge is 0.494 e. The van der Waals surface area contributed by atoms with Crippen molar-refractivity contribution in [2.24, 2.45) is 0 Å². The van der Waals surface area contributed by atoms with Crippen molar-refractivity contribution in [3.63, 3.8) is 0 Å². The van der Waals surface area contributed by atoms with E-state index in [2.05, 4.69) is 26.1 Å². The lowest BCUT2D eigenvalue weighted by Crippen LogP contribution is -2.39. The third-order valence-corrected chi connectivity index (χ3v) is 4.51. The maximum absolute atomic E-state index is 10.0. The topological polar surface area (TPSA) is 57.4 Å². The van der Waals surface area contributed by atoms with Gasteiger partial charge in [0, 0.05) is 18.2 Å². The molecule has 4 nitrogen and oxygen atoms in total. The Balaban J connectivity index is 2.39. The van der Waals surface area contributed by atoms with Crippen molar-refractivity contribution in [1.82, 2.24) is 9.88 Å². The number of nitrogens with one attached hydrogen (secondary N) is 1. The molecule has 0 atom stereocenters. The molecular weight excluding hydrogens is 272 g/mol. The Bertz CT molecular complexity index is 416. The Labute approximate surface area is 126 Å². The van der Waals surface area contributed by atoms with E-state index in [-0.39, 0.29) is 17.3 Å². The molecule has 0 aliphatic rings. The van der Waals surface area contributed by atoms with Crippen LogP contribution in [0.25, 0.3) is 0 Å². The average Bonchev–Trinajstić information content (AvgIpc) is 2.66. The summed E-state index contributed by atoms with van der Waals surface area (Å²) >= 11 is 1.54. The number of nitrogens with zero attached hydrogens (tertiary/aromatic N) is 1. The maximum Gasteiger partial charge on any atom is 0.208 e. The molecule has 0 bridgehead atoms. The van der Waals surface area contributed by atoms with Crippen molar-refractivity contribution in [1.29, 1.82) is 0 Å². The van der Waals surface area contributed by atoms with E-state index < -0.39 is 0 Å². The molecule has 20 heavy (non-hydrogen) atoms. The first-order chi connectivity index (χ1) is 9.41. The SMILES string of the molecule is CCSc1cc(O)n(CCCCNC(C)(C)CC)c1O. The normalized spacial score (nSPS) is 12.0. The molecular formula is C15H28N2O2S. The van der Waals surface area contributed by atoms with Gasteiger partial charge in [0.25, 0.3) is 0 Å². The van der Waals surface area contributed by atoms with Crippen LogP contribution >= 0.6 is 11.8 Å². The van der Waals surface area contributed by atoms with Crippen LogP contribution in [-0.2, 0) is 6.54 Å². The van der Waals surface area contributed by atoms with E-state index in [9.17, 15) is 10.2 Å². The van der Waals surface area contributed by atoms with Crippen molar-refractivity contribution < 1.29 is 10.2 Å². The Morgan fingerprint density at radius 1 is 1.25 bits per heavy atom. The van der Waals surface area contributed by atoms with Crippen LogP contribution in [0.5, 0.6) is 11.8 Å². The molecule has 116 valence electrons. The highest BCUT2D eigenvalue weighted by molar-refractivity contribution is 7.99. The lowest BCUT2D eigenvalue weighted by molar-refractivity contribution is 0.347. The molecule has 1 rings (SSSR count). The molecule has 1 heterocycles. The van der Waals surface area contributed by atoms with E-state index >= 15 is 0 Å². The number of unbranched alkanes of at least 4 members (excludes halogenated alkanes) is 1. The van der Waals surface area contributed by atoms with Gasteiger partial charge in [0.1, 0.15) is 0 Å². The number of hydrogen-bond donors (Lipinski definition) is 3. The van der Waals surface area contributed by atoms with Crippen molar-refractivity contribution >= 4 is 11.8 Å². The molecule has 5 heteroatoms. The van der Waals surface area contributed by atoms with Crippen LogP contribution in [0.2, 0.25) is 0 Å². The molecule has 1 aromatic rings. The standard InChI is InChI=1S/C15H28N2O2S/c1-5-15(3,4)16-9-7-8-10-17-13(18)11-12(14(17)19)20-6-2/h11,16,18-19H,5-10H2,1-4H3. The molecule has 0 aliphatic carbocycles. The molecule has 0 radical (unpaired) electrons. The van der Waals surface area contributed by atoms with Crippen LogP contribution in [0.3, 0.4) is 0 Å². The van der Waals surface area contributed by atoms with Gasteiger partial charge in [-0.1, -0.05) is 13.8 Å². The van der Waals surface area contributed by atoms with Crippen LogP contribution in [0.15, 0.2) is 11.0 Å². The van der Waals surface area contributed by atoms with Gasteiger partial charge in [-0.25, -0.2) is 0 Å². The highest BCUT2D eigenvalue weighted by Gasteiger charge is 2.14. The summed E-state index contributed by atoms with van der Waals surface area (Å²) in [5, 5.41) is 23.4. The Morgan fingerprint density at radius 3 is 2.55 bits per heavy atom. The van der Waals surface area contributed by atoms with Gasteiger partial charge < -0.3 is 15.5 Å². The number of thioether (sulfide) groups is 1. The van der Waals surface area contributed by atoms with E-state index in [1.54, 1.807) is 22.4 Å². The van der Waals surface area contributed by atoms with Crippen molar-refractivity contribution in [2.75, 3.05) is 12.3 Å². The van der Waals surface area contributed by atoms with Crippen molar-refractivity contribution in [3.05, 3.63) is 6.07 Å². The second-order valence-corrected chi connectivity index (χ2v) is 6.95. The fourth-order valence-electron chi connectivity index (χ4n) is 1.93. The van der Waals surface area contributed by atoms with E-state index in [0.29, 0.717) is 6.54 Å². The molecule has 0 saturated heterocycles. The Kier molecular flexibility index (Phi) is 6.76. The molecule has 0 saturated carbocycles. The van der Waals surface area contributed by atoms with E-state index in [4.69, 9.17) is 0 Å². The minimum Gasteiger partial charge on any atom is -0.494 e. The predicted molar refractivity (Wildman–Crippen MR) is 85.8 cm³/mol. The summed E-state index contributed by atoms with van der Waals surface area (Å²) in [6, 6.07) is 1.64. The second kappa shape index (κ2) is 7.84. The van der Waals surface area contributed by atoms with Crippen molar-refractivity contribution in [3.8, 4) is 11.8 Å². The zero-order chi connectivity index (χ0) is 15.2. The average molecular weight is 300 g/mol. The number of hydrogen-bond acceptors (Lipinski definition) is 4. The summed E-state index contributed by atoms with van der Waals surface area (Å²) in [5.41, 5.74) is 0.183.